The van der Waals surface area contributed by atoms with Crippen LogP contribution in [0.3, 0.4) is 0 Å². The molecule has 0 N–H and O–H groups in total. The minimum Gasteiger partial charge on any atom is -0.768 e. The van der Waals surface area contributed by atoms with E-state index in [9.17, 15) is 34.7 Å². The van der Waals surface area contributed by atoms with E-state index in [4.69, 9.17) is 0 Å². The van der Waals surface area contributed by atoms with Crippen LogP contribution < -0.4 is 88.7 Å². The van der Waals surface area contributed by atoms with Gasteiger partial charge in [0.1, 0.15) is 31.3 Å². The first-order valence-electron chi connectivity index (χ1n) is 11.1. The summed E-state index contributed by atoms with van der Waals surface area (Å²) in [7, 11) is -9.85. The molecule has 42 heavy (non-hydrogen) atoms. The number of nitrogens with zero attached hydrogens (tertiary/aromatic N) is 3. The van der Waals surface area contributed by atoms with Gasteiger partial charge in [0.2, 0.25) is 0 Å². The fraction of sp³-hybridized carbons (Fsp3) is 0.0400. The van der Waals surface area contributed by atoms with Crippen LogP contribution in [0.25, 0.3) is 39.6 Å². The van der Waals surface area contributed by atoms with Gasteiger partial charge in [0.25, 0.3) is 0 Å². The van der Waals surface area contributed by atoms with Gasteiger partial charge in [-0.15, -0.1) is 10.2 Å². The molecule has 0 radical (unpaired) electrons. The Hall–Kier alpha value is -0.790. The monoisotopic (exact) mass is 651 g/mol. The first kappa shape index (κ1) is 37.4. The third-order valence-corrected chi connectivity index (χ3v) is 8.39. The number of rotatable bonds is 6. The zero-order chi connectivity index (χ0) is 28.1. The second-order valence-electron chi connectivity index (χ2n) is 8.52. The minimum atomic E-state index is -5.03. The summed E-state index contributed by atoms with van der Waals surface area (Å²) < 4.78 is 95.0. The summed E-state index contributed by atoms with van der Waals surface area (Å²) >= 11 is -2.55. The van der Waals surface area contributed by atoms with Crippen molar-refractivity contribution in [3.63, 3.8) is 0 Å². The van der Waals surface area contributed by atoms with Crippen molar-refractivity contribution in [2.75, 3.05) is 0 Å². The molecule has 1 unspecified atom stereocenters. The van der Waals surface area contributed by atoms with E-state index in [-0.39, 0.29) is 116 Å². The summed E-state index contributed by atoms with van der Waals surface area (Å²) in [6.45, 7) is 1.61. The summed E-state index contributed by atoms with van der Waals surface area (Å²) in [4.78, 5) is -0.0230. The second kappa shape index (κ2) is 14.5. The molecule has 0 aliphatic heterocycles. The fourth-order valence-corrected chi connectivity index (χ4v) is 6.15. The molecule has 0 saturated heterocycles. The van der Waals surface area contributed by atoms with Crippen molar-refractivity contribution >= 4 is 65.3 Å². The Kier molecular flexibility index (Phi) is 12.9. The normalized spacial score (nSPS) is 12.5. The van der Waals surface area contributed by atoms with Gasteiger partial charge in [-0.05, 0) is 64.3 Å². The van der Waals surface area contributed by atoms with Gasteiger partial charge in [-0.2, -0.15) is 4.80 Å². The van der Waals surface area contributed by atoms with Crippen molar-refractivity contribution in [2.24, 2.45) is 0 Å². The molecule has 0 spiro atoms. The van der Waals surface area contributed by atoms with Gasteiger partial charge >= 0.3 is 88.7 Å². The first-order valence-corrected chi connectivity index (χ1v) is 14.9. The van der Waals surface area contributed by atoms with Gasteiger partial charge in [0.05, 0.1) is 15.5 Å². The first-order chi connectivity index (χ1) is 18.3. The van der Waals surface area contributed by atoms with Crippen LogP contribution in [-0.2, 0) is 31.3 Å². The van der Waals surface area contributed by atoms with Crippen molar-refractivity contribution in [3.8, 4) is 5.69 Å². The SMILES string of the molecule is Cc1ccc(C=Cc2ccc(-n3nc4cc(S(=O)[O-])c5ccccc5c4n3)cc2S(=O)(=O)[O-])c(S(=O)(=O)[O-])c1.[Na+].[Na+].[Na+]. The Morgan fingerprint density at radius 3 is 1.88 bits per heavy atom. The van der Waals surface area contributed by atoms with E-state index in [0.717, 1.165) is 10.9 Å². The molecule has 1 aromatic heterocycles. The largest absolute Gasteiger partial charge is 1.00 e. The van der Waals surface area contributed by atoms with Crippen molar-refractivity contribution < 1.29 is 123 Å². The molecule has 0 fully saturated rings. The molecule has 1 atom stereocenters. The predicted molar refractivity (Wildman–Crippen MR) is 140 cm³/mol. The zero-order valence-electron chi connectivity index (χ0n) is 22.8. The minimum absolute atomic E-state index is 0. The van der Waals surface area contributed by atoms with Gasteiger partial charge in [0.15, 0.2) is 0 Å². The molecule has 5 aromatic rings. The molecule has 17 heteroatoms. The Balaban J connectivity index is 0.00000205. The van der Waals surface area contributed by atoms with Gasteiger partial charge in [0, 0.05) is 10.3 Å². The number of hydrogen-bond donors (Lipinski definition) is 0. The second-order valence-corrected chi connectivity index (χ2v) is 12.1. The van der Waals surface area contributed by atoms with E-state index in [1.807, 2.05) is 0 Å². The molecule has 5 rings (SSSR count). The van der Waals surface area contributed by atoms with Gasteiger partial charge < -0.3 is 13.7 Å². The topological polar surface area (TPSA) is 185 Å². The van der Waals surface area contributed by atoms with Crippen LogP contribution in [0.4, 0.5) is 0 Å². The molecule has 0 aliphatic carbocycles. The van der Waals surface area contributed by atoms with Crippen LogP contribution in [0.15, 0.2) is 81.4 Å². The van der Waals surface area contributed by atoms with E-state index in [0.29, 0.717) is 21.9 Å². The van der Waals surface area contributed by atoms with Crippen LogP contribution in [0.1, 0.15) is 16.7 Å². The molecular weight excluding hydrogens is 635 g/mol. The van der Waals surface area contributed by atoms with Gasteiger partial charge in [-0.3, -0.25) is 4.21 Å². The van der Waals surface area contributed by atoms with E-state index >= 15 is 0 Å². The van der Waals surface area contributed by atoms with Crippen LogP contribution in [-0.4, -0.2) is 49.7 Å². The summed E-state index contributed by atoms with van der Waals surface area (Å²) in [5.41, 5.74) is 1.19. The third kappa shape index (κ3) is 7.88. The molecule has 11 nitrogen and oxygen atoms in total. The molecule has 1 heterocycles. The predicted octanol–water partition coefficient (Wildman–Crippen LogP) is -5.89. The van der Waals surface area contributed by atoms with E-state index < -0.39 is 41.1 Å². The number of aromatic nitrogens is 3. The van der Waals surface area contributed by atoms with Crippen LogP contribution in [0.2, 0.25) is 0 Å². The molecule has 4 aromatic carbocycles. The fourth-order valence-electron chi connectivity index (χ4n) is 4.14. The van der Waals surface area contributed by atoms with Gasteiger partial charge in [-0.1, -0.05) is 54.6 Å². The average Bonchev–Trinajstić information content (AvgIpc) is 3.31. The summed E-state index contributed by atoms with van der Waals surface area (Å²) in [6, 6.07) is 16.0. The average molecular weight is 652 g/mol. The molecule has 200 valence electrons. The standard InChI is InChI=1S/C25H19N3O8S3.3Na/c1-15-6-7-16(23(12-15)38(31,32)33)8-9-17-10-11-18(13-24(17)39(34,35)36)28-26-21-14-22(37(29)30)19-4-2-3-5-20(19)25(21)27-28;;;/h2-14H,1H3,(H,29,30)(H,31,32,33)(H,34,35,36);;;/q;3*+1/p-3. The Labute approximate surface area is 310 Å². The van der Waals surface area contributed by atoms with Crippen molar-refractivity contribution in [1.82, 2.24) is 15.0 Å². The van der Waals surface area contributed by atoms with Crippen LogP contribution in [0.5, 0.6) is 0 Å². The molecule has 0 saturated carbocycles. The van der Waals surface area contributed by atoms with E-state index in [2.05, 4.69) is 10.2 Å². The molecule has 0 bridgehead atoms. The molecule has 0 amide bonds. The maximum Gasteiger partial charge on any atom is 1.00 e. The summed E-state index contributed by atoms with van der Waals surface area (Å²) in [5, 5.41) is 9.63. The number of hydrogen-bond acceptors (Lipinski definition) is 10. The quantitative estimate of drug-likeness (QED) is 0.0741. The summed E-state index contributed by atoms with van der Waals surface area (Å²) in [5.74, 6) is 0. The zero-order valence-corrected chi connectivity index (χ0v) is 31.3. The van der Waals surface area contributed by atoms with Crippen LogP contribution in [0, 0.1) is 6.92 Å². The summed E-state index contributed by atoms with van der Waals surface area (Å²) in [6.07, 6.45) is 2.44. The van der Waals surface area contributed by atoms with Crippen molar-refractivity contribution in [1.29, 1.82) is 0 Å². The Morgan fingerprint density at radius 2 is 1.31 bits per heavy atom. The van der Waals surface area contributed by atoms with Crippen molar-refractivity contribution in [2.45, 2.75) is 21.6 Å². The number of benzene rings is 4. The maximum absolute atomic E-state index is 12.1. The van der Waals surface area contributed by atoms with Gasteiger partial charge in [-0.25, -0.2) is 16.8 Å². The Morgan fingerprint density at radius 1 is 0.762 bits per heavy atom. The smallest absolute Gasteiger partial charge is 0.768 e. The van der Waals surface area contributed by atoms with Crippen molar-refractivity contribution in [3.05, 3.63) is 83.4 Å². The molecular formula is C25H16N3Na3O8S3. The molecule has 0 aliphatic rings. The Bertz CT molecular complexity index is 2080. The maximum atomic E-state index is 12.1. The number of fused-ring (bicyclic) bond motifs is 3. The van der Waals surface area contributed by atoms with E-state index in [1.165, 1.54) is 42.5 Å². The van der Waals surface area contributed by atoms with E-state index in [1.54, 1.807) is 37.3 Å². The third-order valence-electron chi connectivity index (χ3n) is 5.91. The number of aryl methyl sites for hydroxylation is 1. The van der Waals surface area contributed by atoms with Crippen LogP contribution >= 0.6 is 0 Å².